The van der Waals surface area contributed by atoms with Crippen molar-refractivity contribution in [2.75, 3.05) is 6.54 Å². The van der Waals surface area contributed by atoms with Gasteiger partial charge in [0.25, 0.3) is 0 Å². The molecule has 0 aromatic rings. The van der Waals surface area contributed by atoms with E-state index < -0.39 is 0 Å². The van der Waals surface area contributed by atoms with Gasteiger partial charge in [0, 0.05) is 12.0 Å². The van der Waals surface area contributed by atoms with E-state index in [0.717, 1.165) is 25.3 Å². The highest BCUT2D eigenvalue weighted by atomic mass is 16.1. The summed E-state index contributed by atoms with van der Waals surface area (Å²) in [7, 11) is 0. The van der Waals surface area contributed by atoms with Gasteiger partial charge in [-0.05, 0) is 25.3 Å². The van der Waals surface area contributed by atoms with E-state index in [2.05, 4.69) is 19.2 Å². The van der Waals surface area contributed by atoms with E-state index >= 15 is 0 Å². The lowest BCUT2D eigenvalue weighted by Gasteiger charge is -2.41. The molecule has 88 valence electrons. The van der Waals surface area contributed by atoms with Crippen molar-refractivity contribution in [3.8, 4) is 0 Å². The SMILES string of the molecule is CCNC1(CC(N)=O)CCCC(CC)C1. The topological polar surface area (TPSA) is 55.1 Å². The molecule has 0 bridgehead atoms. The van der Waals surface area contributed by atoms with Crippen LogP contribution in [0.3, 0.4) is 0 Å². The lowest BCUT2D eigenvalue weighted by atomic mass is 9.73. The summed E-state index contributed by atoms with van der Waals surface area (Å²) in [6.07, 6.45) is 6.45. The van der Waals surface area contributed by atoms with Crippen LogP contribution in [0.2, 0.25) is 0 Å². The molecule has 0 aromatic heterocycles. The van der Waals surface area contributed by atoms with Gasteiger partial charge in [-0.2, -0.15) is 0 Å². The Labute approximate surface area is 92.8 Å². The first-order valence-electron chi connectivity index (χ1n) is 6.15. The maximum atomic E-state index is 11.1. The quantitative estimate of drug-likeness (QED) is 0.730. The Morgan fingerprint density at radius 3 is 2.80 bits per heavy atom. The summed E-state index contributed by atoms with van der Waals surface area (Å²) in [4.78, 5) is 11.1. The molecule has 0 heterocycles. The number of hydrogen-bond acceptors (Lipinski definition) is 2. The van der Waals surface area contributed by atoms with E-state index in [0.29, 0.717) is 6.42 Å². The molecule has 3 N–H and O–H groups in total. The number of carbonyl (C=O) groups excluding carboxylic acids is 1. The van der Waals surface area contributed by atoms with Gasteiger partial charge in [0.1, 0.15) is 0 Å². The molecule has 1 aliphatic rings. The highest BCUT2D eigenvalue weighted by Gasteiger charge is 2.36. The third-order valence-corrected chi connectivity index (χ3v) is 3.59. The van der Waals surface area contributed by atoms with Gasteiger partial charge < -0.3 is 11.1 Å². The Morgan fingerprint density at radius 1 is 1.53 bits per heavy atom. The Bertz CT molecular complexity index is 214. The molecule has 1 rings (SSSR count). The highest BCUT2D eigenvalue weighted by Crippen LogP contribution is 2.36. The van der Waals surface area contributed by atoms with Crippen LogP contribution in [0.5, 0.6) is 0 Å². The van der Waals surface area contributed by atoms with Crippen molar-refractivity contribution < 1.29 is 4.79 Å². The van der Waals surface area contributed by atoms with E-state index in [1.54, 1.807) is 0 Å². The maximum absolute atomic E-state index is 11.1. The van der Waals surface area contributed by atoms with Gasteiger partial charge >= 0.3 is 0 Å². The fourth-order valence-corrected chi connectivity index (χ4v) is 2.93. The summed E-state index contributed by atoms with van der Waals surface area (Å²) in [6, 6.07) is 0. The Hall–Kier alpha value is -0.570. The zero-order valence-electron chi connectivity index (χ0n) is 10.0. The molecule has 0 saturated heterocycles. The molecule has 2 unspecified atom stereocenters. The van der Waals surface area contributed by atoms with Gasteiger partial charge in [0.2, 0.25) is 5.91 Å². The predicted octanol–water partition coefficient (Wildman–Crippen LogP) is 1.81. The standard InChI is InChI=1S/C12H24N2O/c1-3-10-6-5-7-12(8-10,14-4-2)9-11(13)15/h10,14H,3-9H2,1-2H3,(H2,13,15). The fourth-order valence-electron chi connectivity index (χ4n) is 2.93. The fraction of sp³-hybridized carbons (Fsp3) is 0.917. The van der Waals surface area contributed by atoms with Crippen LogP contribution in [0.25, 0.3) is 0 Å². The summed E-state index contributed by atoms with van der Waals surface area (Å²) in [5.74, 6) is 0.588. The molecular formula is C12H24N2O. The van der Waals surface area contributed by atoms with E-state index in [1.165, 1.54) is 19.3 Å². The first-order chi connectivity index (χ1) is 7.12. The summed E-state index contributed by atoms with van der Waals surface area (Å²) < 4.78 is 0. The van der Waals surface area contributed by atoms with Gasteiger partial charge in [-0.15, -0.1) is 0 Å². The molecule has 0 aliphatic heterocycles. The van der Waals surface area contributed by atoms with E-state index in [-0.39, 0.29) is 11.4 Å². The molecule has 0 radical (unpaired) electrons. The predicted molar refractivity (Wildman–Crippen MR) is 62.5 cm³/mol. The smallest absolute Gasteiger partial charge is 0.219 e. The van der Waals surface area contributed by atoms with Gasteiger partial charge in [0.05, 0.1) is 0 Å². The number of hydrogen-bond donors (Lipinski definition) is 2. The monoisotopic (exact) mass is 212 g/mol. The summed E-state index contributed by atoms with van der Waals surface area (Å²) in [5.41, 5.74) is 5.35. The molecule has 3 nitrogen and oxygen atoms in total. The first-order valence-corrected chi connectivity index (χ1v) is 6.15. The van der Waals surface area contributed by atoms with Crippen LogP contribution in [0.4, 0.5) is 0 Å². The van der Waals surface area contributed by atoms with Crippen LogP contribution in [-0.4, -0.2) is 18.0 Å². The Balaban J connectivity index is 2.65. The van der Waals surface area contributed by atoms with Crippen molar-refractivity contribution in [1.82, 2.24) is 5.32 Å². The minimum atomic E-state index is -0.173. The minimum Gasteiger partial charge on any atom is -0.370 e. The van der Waals surface area contributed by atoms with Crippen molar-refractivity contribution in [3.05, 3.63) is 0 Å². The average molecular weight is 212 g/mol. The molecule has 1 aliphatic carbocycles. The Kier molecular flexibility index (Phi) is 4.58. The second-order valence-electron chi connectivity index (χ2n) is 4.82. The molecule has 1 saturated carbocycles. The Morgan fingerprint density at radius 2 is 2.27 bits per heavy atom. The number of primary amides is 1. The lowest BCUT2D eigenvalue weighted by Crippen LogP contribution is -2.51. The first kappa shape index (κ1) is 12.5. The second-order valence-corrected chi connectivity index (χ2v) is 4.82. The molecular weight excluding hydrogens is 188 g/mol. The number of nitrogens with two attached hydrogens (primary N) is 1. The van der Waals surface area contributed by atoms with Crippen molar-refractivity contribution in [3.63, 3.8) is 0 Å². The van der Waals surface area contributed by atoms with E-state index in [4.69, 9.17) is 5.73 Å². The normalized spacial score (nSPS) is 31.5. The molecule has 1 fully saturated rings. The van der Waals surface area contributed by atoms with Crippen LogP contribution < -0.4 is 11.1 Å². The minimum absolute atomic E-state index is 0.000486. The summed E-state index contributed by atoms with van der Waals surface area (Å²) >= 11 is 0. The molecule has 0 aromatic carbocycles. The largest absolute Gasteiger partial charge is 0.370 e. The van der Waals surface area contributed by atoms with Gasteiger partial charge in [-0.3, -0.25) is 4.79 Å². The lowest BCUT2D eigenvalue weighted by molar-refractivity contribution is -0.120. The number of amides is 1. The van der Waals surface area contributed by atoms with Crippen molar-refractivity contribution in [1.29, 1.82) is 0 Å². The van der Waals surface area contributed by atoms with Crippen molar-refractivity contribution in [2.24, 2.45) is 11.7 Å². The molecule has 1 amide bonds. The van der Waals surface area contributed by atoms with Gasteiger partial charge in [-0.25, -0.2) is 0 Å². The number of carbonyl (C=O) groups is 1. The zero-order valence-corrected chi connectivity index (χ0v) is 10.0. The second kappa shape index (κ2) is 5.50. The molecule has 15 heavy (non-hydrogen) atoms. The molecule has 3 heteroatoms. The van der Waals surface area contributed by atoms with Crippen LogP contribution in [0, 0.1) is 5.92 Å². The summed E-state index contributed by atoms with van der Waals surface area (Å²) in [5, 5.41) is 3.49. The van der Waals surface area contributed by atoms with E-state index in [1.807, 2.05) is 0 Å². The van der Waals surface area contributed by atoms with Crippen molar-refractivity contribution >= 4 is 5.91 Å². The molecule has 0 spiro atoms. The van der Waals surface area contributed by atoms with Crippen LogP contribution in [0.1, 0.15) is 52.4 Å². The number of rotatable bonds is 5. The third-order valence-electron chi connectivity index (χ3n) is 3.59. The van der Waals surface area contributed by atoms with Crippen LogP contribution in [-0.2, 0) is 4.79 Å². The van der Waals surface area contributed by atoms with Crippen LogP contribution >= 0.6 is 0 Å². The third kappa shape index (κ3) is 3.49. The van der Waals surface area contributed by atoms with Gasteiger partial charge in [0.15, 0.2) is 0 Å². The summed E-state index contributed by atoms with van der Waals surface area (Å²) in [6.45, 7) is 5.25. The average Bonchev–Trinajstić information content (AvgIpc) is 2.17. The van der Waals surface area contributed by atoms with E-state index in [9.17, 15) is 4.79 Å². The molecule has 2 atom stereocenters. The highest BCUT2D eigenvalue weighted by molar-refractivity contribution is 5.75. The van der Waals surface area contributed by atoms with Crippen molar-refractivity contribution in [2.45, 2.75) is 57.9 Å². The van der Waals surface area contributed by atoms with Crippen LogP contribution in [0.15, 0.2) is 0 Å². The number of nitrogens with one attached hydrogen (secondary N) is 1. The zero-order chi connectivity index (χ0) is 11.3. The maximum Gasteiger partial charge on any atom is 0.219 e. The van der Waals surface area contributed by atoms with Gasteiger partial charge in [-0.1, -0.05) is 33.1 Å².